The molecule has 0 aromatic carbocycles. The van der Waals surface area contributed by atoms with Crippen molar-refractivity contribution in [1.29, 1.82) is 0 Å². The number of aromatic nitrogens is 3. The summed E-state index contributed by atoms with van der Waals surface area (Å²) in [6.45, 7) is 0.588. The molecule has 106 valence electrons. The van der Waals surface area contributed by atoms with E-state index in [2.05, 4.69) is 14.8 Å². The number of amides is 1. The van der Waals surface area contributed by atoms with Gasteiger partial charge in [0.2, 0.25) is 5.88 Å². The van der Waals surface area contributed by atoms with E-state index in [0.717, 1.165) is 11.1 Å². The number of methoxy groups -OCH3 is 1. The molecule has 20 heavy (non-hydrogen) atoms. The molecule has 1 amide bonds. The van der Waals surface area contributed by atoms with E-state index in [-0.39, 0.29) is 6.61 Å². The molecule has 0 fully saturated rings. The molecule has 0 atom stereocenters. The Morgan fingerprint density at radius 3 is 2.95 bits per heavy atom. The number of nitrogens with zero attached hydrogens (tertiary/aromatic N) is 3. The number of hydrogen-bond donors (Lipinski definition) is 1. The van der Waals surface area contributed by atoms with Crippen molar-refractivity contribution < 1.29 is 14.3 Å². The number of primary amides is 1. The molecule has 0 saturated heterocycles. The number of hydrogen-bond acceptors (Lipinski definition) is 5. The number of halogens is 1. The maximum Gasteiger partial charge on any atom is 0.404 e. The highest BCUT2D eigenvalue weighted by Crippen LogP contribution is 2.17. The number of ether oxygens (including phenoxy) is 2. The summed E-state index contributed by atoms with van der Waals surface area (Å²) in [6.07, 6.45) is 2.54. The number of carbonyl (C=O) groups is 1. The van der Waals surface area contributed by atoms with Gasteiger partial charge >= 0.3 is 6.09 Å². The summed E-state index contributed by atoms with van der Waals surface area (Å²) in [5.74, 6) is 0.442. The van der Waals surface area contributed by atoms with Gasteiger partial charge in [0.25, 0.3) is 0 Å². The molecule has 2 rings (SSSR count). The normalized spacial score (nSPS) is 10.3. The van der Waals surface area contributed by atoms with Gasteiger partial charge in [0.1, 0.15) is 11.8 Å². The third-order valence-corrected chi connectivity index (χ3v) is 2.65. The second-order valence-corrected chi connectivity index (χ2v) is 4.38. The molecule has 0 spiro atoms. The summed E-state index contributed by atoms with van der Waals surface area (Å²) in [7, 11) is 1.52. The van der Waals surface area contributed by atoms with Gasteiger partial charge in [-0.25, -0.2) is 9.78 Å². The van der Waals surface area contributed by atoms with E-state index in [9.17, 15) is 4.79 Å². The molecule has 0 bridgehead atoms. The first-order valence-electron chi connectivity index (χ1n) is 5.71. The minimum atomic E-state index is -0.816. The average molecular weight is 297 g/mol. The van der Waals surface area contributed by atoms with Gasteiger partial charge in [0.05, 0.1) is 19.9 Å². The monoisotopic (exact) mass is 296 g/mol. The lowest BCUT2D eigenvalue weighted by atomic mass is 10.2. The van der Waals surface area contributed by atoms with Crippen molar-refractivity contribution in [3.8, 4) is 5.88 Å². The Morgan fingerprint density at radius 1 is 1.45 bits per heavy atom. The maximum absolute atomic E-state index is 10.5. The van der Waals surface area contributed by atoms with Gasteiger partial charge in [-0.05, 0) is 11.6 Å². The topological polar surface area (TPSA) is 92.3 Å². The zero-order chi connectivity index (χ0) is 14.5. The van der Waals surface area contributed by atoms with Crippen molar-refractivity contribution in [2.75, 3.05) is 7.11 Å². The molecule has 2 N–H and O–H groups in total. The second kappa shape index (κ2) is 6.25. The average Bonchev–Trinajstić information content (AvgIpc) is 2.83. The van der Waals surface area contributed by atoms with Crippen molar-refractivity contribution in [3.05, 3.63) is 40.8 Å². The summed E-state index contributed by atoms with van der Waals surface area (Å²) in [6, 6.07) is 3.50. The number of carbonyl (C=O) groups excluding carboxylic acids is 1. The Balaban J connectivity index is 2.06. The van der Waals surface area contributed by atoms with E-state index in [4.69, 9.17) is 22.1 Å². The van der Waals surface area contributed by atoms with Crippen LogP contribution >= 0.6 is 11.6 Å². The van der Waals surface area contributed by atoms with Gasteiger partial charge in [0.15, 0.2) is 0 Å². The SMILES string of the molecule is COc1cc(Cn2cc(COC(N)=O)cn2)cc(Cl)n1. The van der Waals surface area contributed by atoms with Crippen LogP contribution in [0.2, 0.25) is 5.15 Å². The first-order chi connectivity index (χ1) is 9.56. The van der Waals surface area contributed by atoms with Crippen LogP contribution in [-0.2, 0) is 17.9 Å². The molecule has 7 nitrogen and oxygen atoms in total. The molecule has 0 aliphatic rings. The summed E-state index contributed by atoms with van der Waals surface area (Å²) in [5, 5.41) is 4.51. The molecule has 8 heteroatoms. The molecule has 2 aromatic rings. The summed E-state index contributed by atoms with van der Waals surface area (Å²) >= 11 is 5.89. The van der Waals surface area contributed by atoms with Crippen LogP contribution in [0.1, 0.15) is 11.1 Å². The van der Waals surface area contributed by atoms with Gasteiger partial charge in [0, 0.05) is 17.8 Å². The Labute approximate surface area is 120 Å². The highest BCUT2D eigenvalue weighted by molar-refractivity contribution is 6.29. The van der Waals surface area contributed by atoms with Gasteiger partial charge in [-0.15, -0.1) is 0 Å². The fourth-order valence-corrected chi connectivity index (χ4v) is 1.85. The highest BCUT2D eigenvalue weighted by Gasteiger charge is 2.05. The van der Waals surface area contributed by atoms with Crippen molar-refractivity contribution >= 4 is 17.7 Å². The lowest BCUT2D eigenvalue weighted by Crippen LogP contribution is -2.12. The van der Waals surface area contributed by atoms with Crippen LogP contribution in [0.4, 0.5) is 4.79 Å². The van der Waals surface area contributed by atoms with Gasteiger partial charge in [-0.2, -0.15) is 5.10 Å². The zero-order valence-corrected chi connectivity index (χ0v) is 11.5. The predicted molar refractivity (Wildman–Crippen MR) is 71.5 cm³/mol. The number of rotatable bonds is 5. The van der Waals surface area contributed by atoms with E-state index < -0.39 is 6.09 Å². The minimum absolute atomic E-state index is 0.0930. The molecule has 2 aromatic heterocycles. The van der Waals surface area contributed by atoms with E-state index in [1.54, 1.807) is 29.2 Å². The Morgan fingerprint density at radius 2 is 2.25 bits per heavy atom. The van der Waals surface area contributed by atoms with Crippen molar-refractivity contribution in [1.82, 2.24) is 14.8 Å². The molecule has 0 aliphatic carbocycles. The van der Waals surface area contributed by atoms with Gasteiger partial charge in [-0.1, -0.05) is 11.6 Å². The Kier molecular flexibility index (Phi) is 4.41. The van der Waals surface area contributed by atoms with Crippen LogP contribution in [0.15, 0.2) is 24.5 Å². The van der Waals surface area contributed by atoms with Crippen molar-refractivity contribution in [2.45, 2.75) is 13.2 Å². The van der Waals surface area contributed by atoms with Crippen LogP contribution in [0.3, 0.4) is 0 Å². The van der Waals surface area contributed by atoms with Crippen LogP contribution < -0.4 is 10.5 Å². The molecule has 2 heterocycles. The lowest BCUT2D eigenvalue weighted by molar-refractivity contribution is 0.150. The summed E-state index contributed by atoms with van der Waals surface area (Å²) in [5.41, 5.74) is 6.54. The smallest absolute Gasteiger partial charge is 0.404 e. The van der Waals surface area contributed by atoms with E-state index >= 15 is 0 Å². The van der Waals surface area contributed by atoms with Gasteiger partial charge in [-0.3, -0.25) is 4.68 Å². The standard InChI is InChI=1S/C12H13ClN4O3/c1-19-11-3-8(2-10(13)16-11)5-17-6-9(4-15-17)7-20-12(14)18/h2-4,6H,5,7H2,1H3,(H2,14,18). The van der Waals surface area contributed by atoms with Crippen LogP contribution in [0.25, 0.3) is 0 Å². The quantitative estimate of drug-likeness (QED) is 0.846. The van der Waals surface area contributed by atoms with Gasteiger partial charge < -0.3 is 15.2 Å². The van der Waals surface area contributed by atoms with Crippen LogP contribution in [-0.4, -0.2) is 28.0 Å². The number of nitrogens with two attached hydrogens (primary N) is 1. The first-order valence-corrected chi connectivity index (χ1v) is 6.08. The molecule has 0 radical (unpaired) electrons. The summed E-state index contributed by atoms with van der Waals surface area (Å²) in [4.78, 5) is 14.5. The van der Waals surface area contributed by atoms with Crippen molar-refractivity contribution in [2.24, 2.45) is 5.73 Å². The van der Waals surface area contributed by atoms with E-state index in [0.29, 0.717) is 17.6 Å². The largest absolute Gasteiger partial charge is 0.481 e. The van der Waals surface area contributed by atoms with E-state index in [1.807, 2.05) is 0 Å². The fourth-order valence-electron chi connectivity index (χ4n) is 1.63. The molecule has 0 saturated carbocycles. The summed E-state index contributed by atoms with van der Waals surface area (Å²) < 4.78 is 11.4. The Bertz CT molecular complexity index is 614. The highest BCUT2D eigenvalue weighted by atomic mass is 35.5. The third kappa shape index (κ3) is 3.86. The fraction of sp³-hybridized carbons (Fsp3) is 0.250. The number of pyridine rings is 1. The van der Waals surface area contributed by atoms with Crippen LogP contribution in [0, 0.1) is 0 Å². The second-order valence-electron chi connectivity index (χ2n) is 3.99. The minimum Gasteiger partial charge on any atom is -0.481 e. The lowest BCUT2D eigenvalue weighted by Gasteiger charge is -2.05. The molecular weight excluding hydrogens is 284 g/mol. The third-order valence-electron chi connectivity index (χ3n) is 2.45. The maximum atomic E-state index is 10.5. The Hall–Kier alpha value is -2.28. The van der Waals surface area contributed by atoms with Crippen LogP contribution in [0.5, 0.6) is 5.88 Å². The molecule has 0 unspecified atom stereocenters. The van der Waals surface area contributed by atoms with E-state index in [1.165, 1.54) is 7.11 Å². The zero-order valence-electron chi connectivity index (χ0n) is 10.7. The molecular formula is C12H13ClN4O3. The molecule has 0 aliphatic heterocycles. The van der Waals surface area contributed by atoms with Crippen molar-refractivity contribution in [3.63, 3.8) is 0 Å². The first kappa shape index (κ1) is 14.1. The predicted octanol–water partition coefficient (Wildman–Crippen LogP) is 1.58.